The Bertz CT molecular complexity index is 891. The van der Waals surface area contributed by atoms with Crippen LogP contribution in [-0.2, 0) is 11.2 Å². The summed E-state index contributed by atoms with van der Waals surface area (Å²) >= 11 is 5.86. The lowest BCUT2D eigenvalue weighted by Gasteiger charge is -2.34. The third kappa shape index (κ3) is 5.74. The highest BCUT2D eigenvalue weighted by Gasteiger charge is 2.24. The minimum atomic E-state index is -0.321. The zero-order valence-corrected chi connectivity index (χ0v) is 18.1. The van der Waals surface area contributed by atoms with Crippen molar-refractivity contribution in [2.75, 3.05) is 18.4 Å². The van der Waals surface area contributed by atoms with Crippen molar-refractivity contribution in [3.8, 4) is 5.75 Å². The van der Waals surface area contributed by atoms with Crippen molar-refractivity contribution in [3.63, 3.8) is 0 Å². The number of piperidine rings is 1. The molecule has 1 heterocycles. The topological polar surface area (TPSA) is 81.7 Å². The van der Waals surface area contributed by atoms with E-state index in [2.05, 4.69) is 29.4 Å². The van der Waals surface area contributed by atoms with Crippen LogP contribution in [0.5, 0.6) is 5.75 Å². The number of hydrogen-bond acceptors (Lipinski definition) is 4. The van der Waals surface area contributed by atoms with Crippen LogP contribution in [-0.4, -0.2) is 47.0 Å². The molecule has 0 unspecified atom stereocenters. The molecule has 2 aromatic rings. The number of rotatable bonds is 6. The number of carbonyl (C=O) groups is 2. The van der Waals surface area contributed by atoms with Crippen molar-refractivity contribution in [3.05, 3.63) is 58.6 Å². The standard InChI is InChI=1S/C23H28ClN3O3/c1-15(2)27-12-10-18(11-13-27)26-23(30)19-4-3-5-21(28)20(19)14-22(29)25-17-8-6-16(24)7-9-17/h3-9,15,18,28H,10-14H2,1-2H3,(H,25,29)(H,26,30). The Labute approximate surface area is 182 Å². The van der Waals surface area contributed by atoms with E-state index >= 15 is 0 Å². The predicted octanol–water partition coefficient (Wildman–Crippen LogP) is 3.83. The van der Waals surface area contributed by atoms with E-state index < -0.39 is 0 Å². The maximum absolute atomic E-state index is 12.9. The van der Waals surface area contributed by atoms with E-state index in [-0.39, 0.29) is 30.0 Å². The first-order valence-corrected chi connectivity index (χ1v) is 10.6. The molecule has 0 atom stereocenters. The van der Waals surface area contributed by atoms with Gasteiger partial charge in [-0.3, -0.25) is 9.59 Å². The van der Waals surface area contributed by atoms with Gasteiger partial charge in [0, 0.05) is 47.0 Å². The van der Waals surface area contributed by atoms with Crippen LogP contribution in [0.2, 0.25) is 5.02 Å². The lowest BCUT2D eigenvalue weighted by molar-refractivity contribution is -0.115. The highest BCUT2D eigenvalue weighted by atomic mass is 35.5. The molecule has 2 amide bonds. The Kier molecular flexibility index (Phi) is 7.34. The summed E-state index contributed by atoms with van der Waals surface area (Å²) in [6.07, 6.45) is 1.66. The molecule has 160 valence electrons. The fourth-order valence-corrected chi connectivity index (χ4v) is 3.82. The van der Waals surface area contributed by atoms with Crippen LogP contribution in [0, 0.1) is 0 Å². The van der Waals surface area contributed by atoms with Crippen LogP contribution in [0.25, 0.3) is 0 Å². The first-order valence-electron chi connectivity index (χ1n) is 10.2. The van der Waals surface area contributed by atoms with Crippen molar-refractivity contribution in [1.82, 2.24) is 10.2 Å². The lowest BCUT2D eigenvalue weighted by atomic mass is 9.99. The van der Waals surface area contributed by atoms with Crippen molar-refractivity contribution in [2.45, 2.75) is 45.2 Å². The molecule has 0 saturated carbocycles. The number of halogens is 1. The number of hydrogen-bond donors (Lipinski definition) is 3. The third-order valence-corrected chi connectivity index (χ3v) is 5.71. The molecule has 7 heteroatoms. The Morgan fingerprint density at radius 2 is 1.80 bits per heavy atom. The van der Waals surface area contributed by atoms with Gasteiger partial charge in [0.2, 0.25) is 5.91 Å². The van der Waals surface area contributed by atoms with E-state index in [9.17, 15) is 14.7 Å². The van der Waals surface area contributed by atoms with Gasteiger partial charge >= 0.3 is 0 Å². The molecule has 1 aliphatic rings. The summed E-state index contributed by atoms with van der Waals surface area (Å²) in [5.41, 5.74) is 1.25. The summed E-state index contributed by atoms with van der Waals surface area (Å²) in [5.74, 6) is -0.648. The molecular formula is C23H28ClN3O3. The molecule has 1 aliphatic heterocycles. The smallest absolute Gasteiger partial charge is 0.251 e. The van der Waals surface area contributed by atoms with Gasteiger partial charge in [-0.2, -0.15) is 0 Å². The number of nitrogens with zero attached hydrogens (tertiary/aromatic N) is 1. The minimum Gasteiger partial charge on any atom is -0.508 e. The Morgan fingerprint density at radius 3 is 2.43 bits per heavy atom. The van der Waals surface area contributed by atoms with Gasteiger partial charge in [-0.05, 0) is 63.1 Å². The van der Waals surface area contributed by atoms with Gasteiger partial charge in [0.15, 0.2) is 0 Å². The van der Waals surface area contributed by atoms with Gasteiger partial charge in [-0.15, -0.1) is 0 Å². The number of likely N-dealkylation sites (tertiary alicyclic amines) is 1. The molecule has 1 saturated heterocycles. The van der Waals surface area contributed by atoms with E-state index in [4.69, 9.17) is 11.6 Å². The van der Waals surface area contributed by atoms with E-state index in [0.29, 0.717) is 27.9 Å². The maximum atomic E-state index is 12.9. The average molecular weight is 430 g/mol. The van der Waals surface area contributed by atoms with Crippen molar-refractivity contribution in [1.29, 1.82) is 0 Å². The van der Waals surface area contributed by atoms with Crippen molar-refractivity contribution >= 4 is 29.1 Å². The van der Waals surface area contributed by atoms with Crippen molar-refractivity contribution < 1.29 is 14.7 Å². The highest BCUT2D eigenvalue weighted by Crippen LogP contribution is 2.23. The van der Waals surface area contributed by atoms with Gasteiger partial charge in [-0.1, -0.05) is 17.7 Å². The molecule has 6 nitrogen and oxygen atoms in total. The molecule has 2 aromatic carbocycles. The summed E-state index contributed by atoms with van der Waals surface area (Å²) in [4.78, 5) is 27.8. The molecule has 0 bridgehead atoms. The Balaban J connectivity index is 1.66. The normalized spacial score (nSPS) is 15.2. The largest absolute Gasteiger partial charge is 0.508 e. The summed E-state index contributed by atoms with van der Waals surface area (Å²) in [7, 11) is 0. The SMILES string of the molecule is CC(C)N1CCC(NC(=O)c2cccc(O)c2CC(=O)Nc2ccc(Cl)cc2)CC1. The van der Waals surface area contributed by atoms with Gasteiger partial charge in [-0.25, -0.2) is 0 Å². The van der Waals surface area contributed by atoms with Gasteiger partial charge in [0.05, 0.1) is 6.42 Å². The van der Waals surface area contributed by atoms with Crippen LogP contribution in [0.15, 0.2) is 42.5 Å². The number of carbonyl (C=O) groups excluding carboxylic acids is 2. The minimum absolute atomic E-state index is 0.0662. The summed E-state index contributed by atoms with van der Waals surface area (Å²) in [5, 5.41) is 16.7. The lowest BCUT2D eigenvalue weighted by Crippen LogP contribution is -2.46. The number of aromatic hydroxyl groups is 1. The fraction of sp³-hybridized carbons (Fsp3) is 0.391. The summed E-state index contributed by atoms with van der Waals surface area (Å²) in [6, 6.07) is 12.1. The molecule has 3 rings (SSSR count). The zero-order valence-electron chi connectivity index (χ0n) is 17.3. The molecule has 0 aromatic heterocycles. The Morgan fingerprint density at radius 1 is 1.13 bits per heavy atom. The number of amides is 2. The number of nitrogens with one attached hydrogen (secondary N) is 2. The van der Waals surface area contributed by atoms with Crippen LogP contribution < -0.4 is 10.6 Å². The highest BCUT2D eigenvalue weighted by molar-refractivity contribution is 6.30. The number of anilines is 1. The number of benzene rings is 2. The fourth-order valence-electron chi connectivity index (χ4n) is 3.70. The van der Waals surface area contributed by atoms with Crippen LogP contribution in [0.3, 0.4) is 0 Å². The van der Waals surface area contributed by atoms with Gasteiger partial charge < -0.3 is 20.6 Å². The molecule has 30 heavy (non-hydrogen) atoms. The van der Waals surface area contributed by atoms with Gasteiger partial charge in [0.25, 0.3) is 5.91 Å². The second-order valence-corrected chi connectivity index (χ2v) is 8.35. The van der Waals surface area contributed by atoms with E-state index in [0.717, 1.165) is 25.9 Å². The Hall–Kier alpha value is -2.57. The number of phenols is 1. The average Bonchev–Trinajstić information content (AvgIpc) is 2.71. The maximum Gasteiger partial charge on any atom is 0.251 e. The second kappa shape index (κ2) is 9.96. The molecule has 3 N–H and O–H groups in total. The second-order valence-electron chi connectivity index (χ2n) is 7.91. The van der Waals surface area contributed by atoms with E-state index in [1.165, 1.54) is 6.07 Å². The first-order chi connectivity index (χ1) is 14.3. The first kappa shape index (κ1) is 22.1. The molecule has 1 fully saturated rings. The van der Waals surface area contributed by atoms with Crippen LogP contribution >= 0.6 is 11.6 Å². The zero-order chi connectivity index (χ0) is 21.7. The summed E-state index contributed by atoms with van der Waals surface area (Å²) in [6.45, 7) is 6.23. The van der Waals surface area contributed by atoms with Crippen LogP contribution in [0.1, 0.15) is 42.6 Å². The quantitative estimate of drug-likeness (QED) is 0.651. The van der Waals surface area contributed by atoms with E-state index in [1.807, 2.05) is 0 Å². The molecule has 0 aliphatic carbocycles. The molecule has 0 spiro atoms. The third-order valence-electron chi connectivity index (χ3n) is 5.46. The summed E-state index contributed by atoms with van der Waals surface area (Å²) < 4.78 is 0. The predicted molar refractivity (Wildman–Crippen MR) is 119 cm³/mol. The monoisotopic (exact) mass is 429 g/mol. The number of phenolic OH excluding ortho intramolecular Hbond substituents is 1. The van der Waals surface area contributed by atoms with Crippen molar-refractivity contribution in [2.24, 2.45) is 0 Å². The van der Waals surface area contributed by atoms with Crippen LogP contribution in [0.4, 0.5) is 5.69 Å². The van der Waals surface area contributed by atoms with E-state index in [1.54, 1.807) is 36.4 Å². The molecule has 0 radical (unpaired) electrons. The van der Waals surface area contributed by atoms with Gasteiger partial charge in [0.1, 0.15) is 5.75 Å². The molecular weight excluding hydrogens is 402 g/mol.